The van der Waals surface area contributed by atoms with Crippen molar-refractivity contribution in [3.8, 4) is 22.6 Å². The van der Waals surface area contributed by atoms with Gasteiger partial charge >= 0.3 is 0 Å². The van der Waals surface area contributed by atoms with Gasteiger partial charge in [0.2, 0.25) is 0 Å². The minimum absolute atomic E-state index is 0.560. The van der Waals surface area contributed by atoms with Crippen LogP contribution in [0.5, 0.6) is 11.5 Å². The summed E-state index contributed by atoms with van der Waals surface area (Å²) in [5, 5.41) is 0. The van der Waals surface area contributed by atoms with Gasteiger partial charge in [-0.25, -0.2) is 0 Å². The molecule has 0 saturated carbocycles. The Kier molecular flexibility index (Phi) is 6.94. The highest BCUT2D eigenvalue weighted by molar-refractivity contribution is 5.89. The van der Waals surface area contributed by atoms with Gasteiger partial charge in [0.15, 0.2) is 0 Å². The lowest BCUT2D eigenvalue weighted by Gasteiger charge is -2.35. The van der Waals surface area contributed by atoms with E-state index < -0.39 is 5.41 Å². The lowest BCUT2D eigenvalue weighted by Crippen LogP contribution is -2.29. The van der Waals surface area contributed by atoms with Gasteiger partial charge in [0, 0.05) is 17.1 Å². The molecule has 1 aliphatic carbocycles. The number of hydrogen-bond acceptors (Lipinski definition) is 3. The smallest absolute Gasteiger partial charge is 0.121 e. The predicted molar refractivity (Wildman–Crippen MR) is 181 cm³/mol. The molecule has 0 radical (unpaired) electrons. The van der Waals surface area contributed by atoms with Crippen molar-refractivity contribution in [2.45, 2.75) is 19.3 Å². The summed E-state index contributed by atoms with van der Waals surface area (Å²) >= 11 is 0. The summed E-state index contributed by atoms with van der Waals surface area (Å²) in [7, 11) is 3.47. The Balaban J connectivity index is 1.57. The summed E-state index contributed by atoms with van der Waals surface area (Å²) in [6, 6.07) is 50.3. The third kappa shape index (κ3) is 4.27. The number of aryl methyl sites for hydroxylation is 2. The first-order chi connectivity index (χ1) is 21.6. The Labute approximate surface area is 260 Å². The second-order valence-corrected chi connectivity index (χ2v) is 11.4. The molecule has 1 aliphatic rings. The fraction of sp³-hybridized carbons (Fsp3) is 0.122. The fourth-order valence-electron chi connectivity index (χ4n) is 7.02. The molecule has 0 aliphatic heterocycles. The number of fused-ring (bicyclic) bond motifs is 3. The largest absolute Gasteiger partial charge is 0.496 e. The zero-order chi connectivity index (χ0) is 30.3. The Bertz CT molecular complexity index is 1870. The molecule has 6 aromatic rings. The van der Waals surface area contributed by atoms with Gasteiger partial charge in [-0.15, -0.1) is 0 Å². The van der Waals surface area contributed by atoms with Crippen molar-refractivity contribution in [3.05, 3.63) is 173 Å². The van der Waals surface area contributed by atoms with Crippen molar-refractivity contribution in [2.75, 3.05) is 19.1 Å². The van der Waals surface area contributed by atoms with Gasteiger partial charge in [-0.1, -0.05) is 91.0 Å². The molecule has 3 heteroatoms. The minimum Gasteiger partial charge on any atom is -0.496 e. The molecule has 3 nitrogen and oxygen atoms in total. The third-order valence-corrected chi connectivity index (χ3v) is 8.97. The van der Waals surface area contributed by atoms with Crippen LogP contribution in [0, 0.1) is 13.8 Å². The molecule has 216 valence electrons. The van der Waals surface area contributed by atoms with E-state index in [1.807, 2.05) is 0 Å². The van der Waals surface area contributed by atoms with Gasteiger partial charge in [-0.05, 0) is 107 Å². The monoisotopic (exact) mass is 573 g/mol. The van der Waals surface area contributed by atoms with Crippen molar-refractivity contribution in [1.82, 2.24) is 0 Å². The minimum atomic E-state index is -0.560. The van der Waals surface area contributed by atoms with Crippen molar-refractivity contribution < 1.29 is 9.47 Å². The lowest BCUT2D eigenvalue weighted by atomic mass is 9.67. The number of anilines is 3. The molecule has 0 N–H and O–H groups in total. The van der Waals surface area contributed by atoms with E-state index in [0.717, 1.165) is 39.7 Å². The number of nitrogens with zero attached hydrogens (tertiary/aromatic N) is 1. The van der Waals surface area contributed by atoms with Crippen molar-refractivity contribution >= 4 is 17.1 Å². The average molecular weight is 574 g/mol. The van der Waals surface area contributed by atoms with E-state index in [1.165, 1.54) is 33.4 Å². The van der Waals surface area contributed by atoms with Gasteiger partial charge in [-0.2, -0.15) is 0 Å². The Morgan fingerprint density at radius 2 is 0.955 bits per heavy atom. The maximum Gasteiger partial charge on any atom is 0.121 e. The summed E-state index contributed by atoms with van der Waals surface area (Å²) in [6.45, 7) is 4.25. The molecule has 44 heavy (non-hydrogen) atoms. The summed E-state index contributed by atoms with van der Waals surface area (Å²) in [6.07, 6.45) is 0. The quantitative estimate of drug-likeness (QED) is 0.189. The Morgan fingerprint density at radius 3 is 1.48 bits per heavy atom. The lowest BCUT2D eigenvalue weighted by molar-refractivity contribution is 0.411. The van der Waals surface area contributed by atoms with Gasteiger partial charge in [0.1, 0.15) is 11.5 Å². The first-order valence-electron chi connectivity index (χ1n) is 15.0. The van der Waals surface area contributed by atoms with Crippen LogP contribution in [0.3, 0.4) is 0 Å². The number of hydrogen-bond donors (Lipinski definition) is 0. The summed E-state index contributed by atoms with van der Waals surface area (Å²) in [5.41, 5.74) is 12.4. The first kappa shape index (κ1) is 27.5. The topological polar surface area (TPSA) is 21.7 Å². The van der Waals surface area contributed by atoms with E-state index in [-0.39, 0.29) is 0 Å². The zero-order valence-corrected chi connectivity index (χ0v) is 25.5. The SMILES string of the molecule is COc1ccc(C2(c3ccc(OC)c(C)c3)c3ccccc3-c3ccc(N(c4ccccc4)c4ccccc4)cc32)cc1C. The van der Waals surface area contributed by atoms with Gasteiger partial charge < -0.3 is 14.4 Å². The predicted octanol–water partition coefficient (Wildman–Crippen LogP) is 10.2. The van der Waals surface area contributed by atoms with Crippen LogP contribution in [0.2, 0.25) is 0 Å². The van der Waals surface area contributed by atoms with E-state index in [0.29, 0.717) is 0 Å². The van der Waals surface area contributed by atoms with E-state index in [4.69, 9.17) is 9.47 Å². The Morgan fingerprint density at radius 1 is 0.455 bits per heavy atom. The molecule has 7 rings (SSSR count). The second kappa shape index (κ2) is 11.1. The molecule has 0 amide bonds. The van der Waals surface area contributed by atoms with Crippen LogP contribution >= 0.6 is 0 Å². The molecule has 0 fully saturated rings. The van der Waals surface area contributed by atoms with Gasteiger partial charge in [0.05, 0.1) is 19.6 Å². The second-order valence-electron chi connectivity index (χ2n) is 11.4. The molecule has 0 spiro atoms. The molecule has 6 aromatic carbocycles. The van der Waals surface area contributed by atoms with E-state index in [1.54, 1.807) is 14.2 Å². The van der Waals surface area contributed by atoms with Gasteiger partial charge in [-0.3, -0.25) is 0 Å². The maximum absolute atomic E-state index is 5.71. The van der Waals surface area contributed by atoms with E-state index in [2.05, 4.69) is 158 Å². The number of para-hydroxylation sites is 2. The summed E-state index contributed by atoms with van der Waals surface area (Å²) in [5.74, 6) is 1.77. The molecule has 0 saturated heterocycles. The maximum atomic E-state index is 5.71. The fourth-order valence-corrected chi connectivity index (χ4v) is 7.02. The van der Waals surface area contributed by atoms with Crippen molar-refractivity contribution in [2.24, 2.45) is 0 Å². The third-order valence-electron chi connectivity index (χ3n) is 8.97. The standard InChI is InChI=1S/C41H35NO2/c1-28-25-30(19-23-39(28)43-3)41(31-20-24-40(44-4)29(2)26-31)37-18-12-11-17-35(37)36-22-21-34(27-38(36)41)42(32-13-7-5-8-14-32)33-15-9-6-10-16-33/h5-27H,1-4H3. The zero-order valence-electron chi connectivity index (χ0n) is 25.5. The number of rotatable bonds is 7. The summed E-state index contributed by atoms with van der Waals surface area (Å²) in [4.78, 5) is 2.34. The number of benzene rings is 6. The number of methoxy groups -OCH3 is 2. The highest BCUT2D eigenvalue weighted by Crippen LogP contribution is 2.58. The molecular weight excluding hydrogens is 538 g/mol. The first-order valence-corrected chi connectivity index (χ1v) is 15.0. The van der Waals surface area contributed by atoms with Crippen molar-refractivity contribution in [1.29, 1.82) is 0 Å². The van der Waals surface area contributed by atoms with Crippen LogP contribution in [0.15, 0.2) is 140 Å². The highest BCUT2D eigenvalue weighted by Gasteiger charge is 2.46. The van der Waals surface area contributed by atoms with E-state index in [9.17, 15) is 0 Å². The Hall–Kier alpha value is -5.28. The van der Waals surface area contributed by atoms with E-state index >= 15 is 0 Å². The average Bonchev–Trinajstić information content (AvgIpc) is 3.36. The van der Waals surface area contributed by atoms with Crippen LogP contribution in [0.25, 0.3) is 11.1 Å². The van der Waals surface area contributed by atoms with Crippen LogP contribution in [0.4, 0.5) is 17.1 Å². The molecular formula is C41H35NO2. The van der Waals surface area contributed by atoms with Gasteiger partial charge in [0.25, 0.3) is 0 Å². The van der Waals surface area contributed by atoms with Crippen LogP contribution in [-0.2, 0) is 5.41 Å². The molecule has 0 heterocycles. The van der Waals surface area contributed by atoms with Crippen LogP contribution in [0.1, 0.15) is 33.4 Å². The molecule has 0 bridgehead atoms. The molecule has 0 aromatic heterocycles. The van der Waals surface area contributed by atoms with Crippen LogP contribution < -0.4 is 14.4 Å². The molecule has 0 atom stereocenters. The van der Waals surface area contributed by atoms with Crippen LogP contribution in [-0.4, -0.2) is 14.2 Å². The highest BCUT2D eigenvalue weighted by atomic mass is 16.5. The van der Waals surface area contributed by atoms with Crippen molar-refractivity contribution in [3.63, 3.8) is 0 Å². The normalized spacial score (nSPS) is 12.7. The number of ether oxygens (including phenoxy) is 2. The molecule has 0 unspecified atom stereocenters. The summed E-state index contributed by atoms with van der Waals surface area (Å²) < 4.78 is 11.4.